The first-order chi connectivity index (χ1) is 18.3. The predicted molar refractivity (Wildman–Crippen MR) is 159 cm³/mol. The molecule has 0 unspecified atom stereocenters. The van der Waals surface area contributed by atoms with Gasteiger partial charge in [-0.2, -0.15) is 0 Å². The molecule has 2 aliphatic rings. The van der Waals surface area contributed by atoms with E-state index in [1.165, 1.54) is 34.1 Å². The largest absolute Gasteiger partial charge is 0.344 e. The first-order valence-corrected chi connectivity index (χ1v) is 16.5. The fraction of sp³-hybridized carbons (Fsp3) is 0.273. The quantitative estimate of drug-likeness (QED) is 0.252. The van der Waals surface area contributed by atoms with Gasteiger partial charge in [0, 0.05) is 25.2 Å². The van der Waals surface area contributed by atoms with Crippen LogP contribution in [0.25, 0.3) is 0 Å². The molecule has 4 aromatic carbocycles. The lowest BCUT2D eigenvalue weighted by molar-refractivity contribution is -0.166. The highest BCUT2D eigenvalue weighted by molar-refractivity contribution is 7.73. The third-order valence-corrected chi connectivity index (χ3v) is 12.6. The maximum absolute atomic E-state index is 6.97. The number of hydrogen-bond donors (Lipinski definition) is 0. The molecule has 0 bridgehead atoms. The lowest BCUT2D eigenvalue weighted by Crippen LogP contribution is -2.33. The summed E-state index contributed by atoms with van der Waals surface area (Å²) in [6.45, 7) is 0. The van der Waals surface area contributed by atoms with Crippen molar-refractivity contribution in [2.75, 3.05) is 12.3 Å². The Morgan fingerprint density at radius 3 is 1.08 bits per heavy atom. The number of ether oxygens (including phenoxy) is 2. The van der Waals surface area contributed by atoms with Gasteiger partial charge in [0.1, 0.15) is 0 Å². The Morgan fingerprint density at radius 1 is 0.486 bits per heavy atom. The molecular formula is C33H34O2P2. The summed E-state index contributed by atoms with van der Waals surface area (Å²) in [4.78, 5) is 0. The second kappa shape index (κ2) is 11.6. The molecule has 2 fully saturated rings. The van der Waals surface area contributed by atoms with Crippen molar-refractivity contribution in [3.8, 4) is 0 Å². The van der Waals surface area contributed by atoms with Crippen LogP contribution in [0.4, 0.5) is 0 Å². The van der Waals surface area contributed by atoms with Crippen LogP contribution in [0, 0.1) is 0 Å². The van der Waals surface area contributed by atoms with Crippen molar-refractivity contribution in [1.82, 2.24) is 0 Å². The highest BCUT2D eigenvalue weighted by atomic mass is 31.1. The Morgan fingerprint density at radius 2 is 0.784 bits per heavy atom. The van der Waals surface area contributed by atoms with Gasteiger partial charge in [0.2, 0.25) is 0 Å². The summed E-state index contributed by atoms with van der Waals surface area (Å²) in [5.74, 6) is -0.391. The number of benzene rings is 4. The van der Waals surface area contributed by atoms with E-state index in [2.05, 4.69) is 121 Å². The minimum atomic E-state index is -0.551. The monoisotopic (exact) mass is 524 g/mol. The molecule has 1 aliphatic heterocycles. The van der Waals surface area contributed by atoms with Crippen LogP contribution in [0.2, 0.25) is 0 Å². The van der Waals surface area contributed by atoms with Gasteiger partial charge in [-0.25, -0.2) is 0 Å². The van der Waals surface area contributed by atoms with Crippen LogP contribution in [-0.2, 0) is 9.47 Å². The van der Waals surface area contributed by atoms with Gasteiger partial charge < -0.3 is 9.47 Å². The van der Waals surface area contributed by atoms with Crippen LogP contribution in [0.3, 0.4) is 0 Å². The van der Waals surface area contributed by atoms with Gasteiger partial charge in [0.25, 0.3) is 0 Å². The standard InChI is InChI=1S/C33H34O2P2/c1-5-15-27(16-6-1)36(28-17-7-2-8-18-28)25-31-32(35-33(34-31)23-13-14-24-33)26-37(29-19-9-3-10-20-29)30-21-11-4-12-22-30/h1-12,15-22,31-32H,13-14,23-26H2/t31-,32-/m0/s1. The van der Waals surface area contributed by atoms with E-state index in [0.29, 0.717) is 0 Å². The maximum Gasteiger partial charge on any atom is 0.169 e. The zero-order chi connectivity index (χ0) is 24.9. The van der Waals surface area contributed by atoms with Gasteiger partial charge in [-0.05, 0) is 49.9 Å². The summed E-state index contributed by atoms with van der Waals surface area (Å²) in [5.41, 5.74) is 0. The molecule has 37 heavy (non-hydrogen) atoms. The van der Waals surface area contributed by atoms with Crippen molar-refractivity contribution in [2.24, 2.45) is 0 Å². The van der Waals surface area contributed by atoms with E-state index in [0.717, 1.165) is 25.2 Å². The molecule has 2 atom stereocenters. The Hall–Kier alpha value is -2.34. The predicted octanol–water partition coefficient (Wildman–Crippen LogP) is 6.31. The fourth-order valence-corrected chi connectivity index (χ4v) is 10.6. The van der Waals surface area contributed by atoms with Crippen molar-refractivity contribution in [1.29, 1.82) is 0 Å². The minimum absolute atomic E-state index is 0.0852. The van der Waals surface area contributed by atoms with E-state index in [4.69, 9.17) is 9.47 Å². The SMILES string of the molecule is c1ccc(P(C[C@@H]2OC3(CCCC3)O[C@H]2CP(c2ccccc2)c2ccccc2)c2ccccc2)cc1. The molecule has 188 valence electrons. The molecule has 4 heteroatoms. The summed E-state index contributed by atoms with van der Waals surface area (Å²) < 4.78 is 13.9. The van der Waals surface area contributed by atoms with E-state index in [1.54, 1.807) is 0 Å². The van der Waals surface area contributed by atoms with Crippen molar-refractivity contribution >= 4 is 37.1 Å². The van der Waals surface area contributed by atoms with E-state index >= 15 is 0 Å². The lowest BCUT2D eigenvalue weighted by Gasteiger charge is -2.27. The molecule has 0 radical (unpaired) electrons. The van der Waals surface area contributed by atoms with Gasteiger partial charge >= 0.3 is 0 Å². The molecule has 0 aromatic heterocycles. The van der Waals surface area contributed by atoms with Gasteiger partial charge in [0.15, 0.2) is 5.79 Å². The van der Waals surface area contributed by atoms with Crippen molar-refractivity contribution in [3.63, 3.8) is 0 Å². The highest BCUT2D eigenvalue weighted by Gasteiger charge is 2.50. The first-order valence-electron chi connectivity index (χ1n) is 13.4. The summed E-state index contributed by atoms with van der Waals surface area (Å²) in [7, 11) is -1.10. The summed E-state index contributed by atoms with van der Waals surface area (Å²) in [6.07, 6.45) is 6.57. The van der Waals surface area contributed by atoms with Gasteiger partial charge in [-0.1, -0.05) is 121 Å². The maximum atomic E-state index is 6.97. The van der Waals surface area contributed by atoms with E-state index in [1.807, 2.05) is 0 Å². The third-order valence-electron chi connectivity index (χ3n) is 7.51. The molecule has 2 nitrogen and oxygen atoms in total. The Balaban J connectivity index is 1.34. The molecular weight excluding hydrogens is 490 g/mol. The summed E-state index contributed by atoms with van der Waals surface area (Å²) in [6, 6.07) is 44.1. The lowest BCUT2D eigenvalue weighted by atomic mass is 10.2. The normalized spacial score (nSPS) is 20.7. The van der Waals surface area contributed by atoms with Gasteiger partial charge in [-0.3, -0.25) is 0 Å². The minimum Gasteiger partial charge on any atom is -0.344 e. The molecule has 1 saturated heterocycles. The molecule has 1 saturated carbocycles. The van der Waals surface area contributed by atoms with Crippen LogP contribution in [0.5, 0.6) is 0 Å². The topological polar surface area (TPSA) is 18.5 Å². The Bertz CT molecular complexity index is 1070. The average molecular weight is 525 g/mol. The van der Waals surface area contributed by atoms with Crippen LogP contribution >= 0.6 is 15.8 Å². The van der Waals surface area contributed by atoms with Crippen molar-refractivity contribution in [2.45, 2.75) is 43.7 Å². The Kier molecular flexibility index (Phi) is 7.82. The number of hydrogen-bond acceptors (Lipinski definition) is 2. The first kappa shape index (κ1) is 25.0. The summed E-state index contributed by atoms with van der Waals surface area (Å²) >= 11 is 0. The van der Waals surface area contributed by atoms with Crippen LogP contribution < -0.4 is 21.2 Å². The van der Waals surface area contributed by atoms with Gasteiger partial charge in [-0.15, -0.1) is 0 Å². The molecule has 0 N–H and O–H groups in total. The highest BCUT2D eigenvalue weighted by Crippen LogP contribution is 2.48. The van der Waals surface area contributed by atoms with E-state index in [9.17, 15) is 0 Å². The molecule has 1 spiro atoms. The second-order valence-electron chi connectivity index (χ2n) is 9.99. The molecule has 1 aliphatic carbocycles. The van der Waals surface area contributed by atoms with Crippen molar-refractivity contribution in [3.05, 3.63) is 121 Å². The van der Waals surface area contributed by atoms with E-state index < -0.39 is 21.6 Å². The molecule has 6 rings (SSSR count). The number of rotatable bonds is 8. The molecule has 1 heterocycles. The van der Waals surface area contributed by atoms with E-state index in [-0.39, 0.29) is 12.2 Å². The van der Waals surface area contributed by atoms with Crippen LogP contribution in [-0.4, -0.2) is 30.3 Å². The molecule has 0 amide bonds. The fourth-order valence-electron chi connectivity index (χ4n) is 5.70. The second-order valence-corrected chi connectivity index (χ2v) is 14.5. The summed E-state index contributed by atoms with van der Waals surface area (Å²) in [5, 5.41) is 5.64. The average Bonchev–Trinajstić information content (AvgIpc) is 3.57. The smallest absolute Gasteiger partial charge is 0.169 e. The Labute approximate surface area is 223 Å². The van der Waals surface area contributed by atoms with Gasteiger partial charge in [0.05, 0.1) is 12.2 Å². The molecule has 4 aromatic rings. The zero-order valence-corrected chi connectivity index (χ0v) is 22.9. The van der Waals surface area contributed by atoms with Crippen LogP contribution in [0.15, 0.2) is 121 Å². The van der Waals surface area contributed by atoms with Crippen molar-refractivity contribution < 1.29 is 9.47 Å². The third kappa shape index (κ3) is 5.74. The zero-order valence-electron chi connectivity index (χ0n) is 21.2. The van der Waals surface area contributed by atoms with Crippen LogP contribution in [0.1, 0.15) is 25.7 Å².